The van der Waals surface area contributed by atoms with E-state index in [-0.39, 0.29) is 0 Å². The molecule has 0 aliphatic heterocycles. The molecule has 9 rings (SSSR count). The zero-order valence-corrected chi connectivity index (χ0v) is 25.1. The zero-order chi connectivity index (χ0) is 30.5. The van der Waals surface area contributed by atoms with E-state index in [0.29, 0.717) is 0 Å². The van der Waals surface area contributed by atoms with E-state index in [0.717, 1.165) is 50.7 Å². The molecular formula is C43H29N3. The van der Waals surface area contributed by atoms with Gasteiger partial charge in [-0.2, -0.15) is 0 Å². The second-order valence-corrected chi connectivity index (χ2v) is 11.7. The summed E-state index contributed by atoms with van der Waals surface area (Å²) < 4.78 is 4.77. The molecule has 3 aromatic heterocycles. The summed E-state index contributed by atoms with van der Waals surface area (Å²) in [7, 11) is 0. The molecule has 0 aliphatic carbocycles. The minimum Gasteiger partial charge on any atom is -0.309 e. The maximum absolute atomic E-state index is 5.16. The van der Waals surface area contributed by atoms with Gasteiger partial charge in [-0.3, -0.25) is 0 Å². The minimum atomic E-state index is 0.944. The van der Waals surface area contributed by atoms with Crippen LogP contribution in [0, 0.1) is 0 Å². The summed E-state index contributed by atoms with van der Waals surface area (Å²) in [4.78, 5) is 5.16. The van der Waals surface area contributed by atoms with Crippen LogP contribution in [0.5, 0.6) is 0 Å². The van der Waals surface area contributed by atoms with Crippen molar-refractivity contribution in [3.8, 4) is 45.1 Å². The summed E-state index contributed by atoms with van der Waals surface area (Å²) in [5, 5.41) is 3.71. The molecule has 0 aliphatic rings. The van der Waals surface area contributed by atoms with E-state index in [1.54, 1.807) is 0 Å². The third-order valence-electron chi connectivity index (χ3n) is 8.90. The quantitative estimate of drug-likeness (QED) is 0.196. The molecule has 0 radical (unpaired) electrons. The van der Waals surface area contributed by atoms with E-state index in [4.69, 9.17) is 4.98 Å². The number of pyridine rings is 1. The predicted molar refractivity (Wildman–Crippen MR) is 192 cm³/mol. The smallest absolute Gasteiger partial charge is 0.0730 e. The average Bonchev–Trinajstić information content (AvgIpc) is 3.69. The van der Waals surface area contributed by atoms with E-state index in [1.165, 1.54) is 27.2 Å². The van der Waals surface area contributed by atoms with Crippen molar-refractivity contribution in [2.24, 2.45) is 0 Å². The van der Waals surface area contributed by atoms with Gasteiger partial charge in [-0.15, -0.1) is 0 Å². The first-order chi connectivity index (χ1) is 22.8. The van der Waals surface area contributed by atoms with Gasteiger partial charge in [0.25, 0.3) is 0 Å². The number of fused-ring (bicyclic) bond motifs is 4. The van der Waals surface area contributed by atoms with Gasteiger partial charge in [0.05, 0.1) is 39.3 Å². The summed E-state index contributed by atoms with van der Waals surface area (Å²) >= 11 is 0. The maximum atomic E-state index is 5.16. The first-order valence-corrected chi connectivity index (χ1v) is 15.6. The number of para-hydroxylation sites is 3. The van der Waals surface area contributed by atoms with Crippen LogP contribution in [0.25, 0.3) is 77.9 Å². The van der Waals surface area contributed by atoms with Crippen LogP contribution in [-0.4, -0.2) is 14.1 Å². The number of hydrogen-bond donors (Lipinski definition) is 0. The number of nitrogens with zero attached hydrogens (tertiary/aromatic N) is 3. The van der Waals surface area contributed by atoms with Crippen LogP contribution >= 0.6 is 0 Å². The molecule has 0 atom stereocenters. The number of aromatic nitrogens is 3. The average molecular weight is 588 g/mol. The van der Waals surface area contributed by atoms with E-state index < -0.39 is 0 Å². The van der Waals surface area contributed by atoms with Crippen molar-refractivity contribution < 1.29 is 0 Å². The van der Waals surface area contributed by atoms with E-state index >= 15 is 0 Å². The van der Waals surface area contributed by atoms with Gasteiger partial charge >= 0.3 is 0 Å². The summed E-state index contributed by atoms with van der Waals surface area (Å²) in [6, 6.07) is 62.6. The Balaban J connectivity index is 1.29. The van der Waals surface area contributed by atoms with Crippen molar-refractivity contribution in [2.45, 2.75) is 0 Å². The molecule has 9 aromatic rings. The summed E-state index contributed by atoms with van der Waals surface area (Å²) in [6.07, 6.45) is 0. The van der Waals surface area contributed by atoms with E-state index in [9.17, 15) is 0 Å². The zero-order valence-electron chi connectivity index (χ0n) is 25.1. The van der Waals surface area contributed by atoms with Crippen LogP contribution in [0.15, 0.2) is 176 Å². The van der Waals surface area contributed by atoms with Crippen molar-refractivity contribution in [3.63, 3.8) is 0 Å². The number of rotatable bonds is 5. The highest BCUT2D eigenvalue weighted by Gasteiger charge is 2.17. The summed E-state index contributed by atoms with van der Waals surface area (Å²) in [6.45, 7) is 0. The molecular weight excluding hydrogens is 558 g/mol. The standard InChI is InChI=1S/C43H29N3/c1-3-14-30(15-4-1)38-28-35(29-39(44-38)31-16-5-2-6-17-31)46-40-23-10-7-18-33(40)27-43(46)32-19-13-20-34(26-32)45-41-24-11-8-21-36(41)37-22-9-12-25-42(37)45/h1-29H. The lowest BCUT2D eigenvalue weighted by atomic mass is 10.1. The molecule has 0 N–H and O–H groups in total. The third kappa shape index (κ3) is 4.33. The lowest BCUT2D eigenvalue weighted by molar-refractivity contribution is 1.12. The van der Waals surface area contributed by atoms with Crippen LogP contribution in [0.2, 0.25) is 0 Å². The van der Waals surface area contributed by atoms with Gasteiger partial charge in [0.2, 0.25) is 0 Å². The summed E-state index contributed by atoms with van der Waals surface area (Å²) in [5.74, 6) is 0. The van der Waals surface area contributed by atoms with Gasteiger partial charge in [-0.1, -0.05) is 127 Å². The molecule has 216 valence electrons. The topological polar surface area (TPSA) is 22.8 Å². The number of benzene rings is 6. The highest BCUT2D eigenvalue weighted by atomic mass is 15.0. The maximum Gasteiger partial charge on any atom is 0.0730 e. The molecule has 3 heterocycles. The molecule has 0 fully saturated rings. The van der Waals surface area contributed by atoms with Crippen molar-refractivity contribution in [2.75, 3.05) is 0 Å². The SMILES string of the molecule is c1ccc(-c2cc(-n3c(-c4cccc(-n5c6ccccc6c6ccccc65)c4)cc4ccccc43)cc(-c3ccccc3)n2)cc1. The van der Waals surface area contributed by atoms with Crippen molar-refractivity contribution in [3.05, 3.63) is 176 Å². The number of hydrogen-bond acceptors (Lipinski definition) is 1. The van der Waals surface area contributed by atoms with Gasteiger partial charge in [0.1, 0.15) is 0 Å². The Bertz CT molecular complexity index is 2410. The summed E-state index contributed by atoms with van der Waals surface area (Å²) in [5.41, 5.74) is 12.1. The second-order valence-electron chi connectivity index (χ2n) is 11.7. The van der Waals surface area contributed by atoms with Gasteiger partial charge in [-0.25, -0.2) is 4.98 Å². The van der Waals surface area contributed by atoms with Crippen LogP contribution < -0.4 is 0 Å². The predicted octanol–water partition coefficient (Wildman–Crippen LogP) is 11.1. The molecule has 0 saturated carbocycles. The fraction of sp³-hybridized carbons (Fsp3) is 0. The Morgan fingerprint density at radius 2 is 0.870 bits per heavy atom. The van der Waals surface area contributed by atoms with Crippen molar-refractivity contribution in [1.82, 2.24) is 14.1 Å². The highest BCUT2D eigenvalue weighted by molar-refractivity contribution is 6.09. The van der Waals surface area contributed by atoms with Crippen LogP contribution in [0.3, 0.4) is 0 Å². The van der Waals surface area contributed by atoms with E-state index in [2.05, 4.69) is 173 Å². The lowest BCUT2D eigenvalue weighted by Crippen LogP contribution is -2.01. The minimum absolute atomic E-state index is 0.944. The molecule has 0 unspecified atom stereocenters. The third-order valence-corrected chi connectivity index (χ3v) is 8.90. The first-order valence-electron chi connectivity index (χ1n) is 15.6. The van der Waals surface area contributed by atoms with Crippen molar-refractivity contribution >= 4 is 32.7 Å². The molecule has 3 heteroatoms. The Morgan fingerprint density at radius 1 is 0.348 bits per heavy atom. The fourth-order valence-corrected chi connectivity index (χ4v) is 6.81. The van der Waals surface area contributed by atoms with E-state index in [1.807, 2.05) is 12.1 Å². The van der Waals surface area contributed by atoms with Crippen LogP contribution in [0.4, 0.5) is 0 Å². The molecule has 0 spiro atoms. The van der Waals surface area contributed by atoms with Gasteiger partial charge in [0, 0.05) is 38.5 Å². The molecule has 46 heavy (non-hydrogen) atoms. The monoisotopic (exact) mass is 587 g/mol. The largest absolute Gasteiger partial charge is 0.309 e. The van der Waals surface area contributed by atoms with Gasteiger partial charge in [0.15, 0.2) is 0 Å². The molecule has 0 bridgehead atoms. The van der Waals surface area contributed by atoms with Gasteiger partial charge in [-0.05, 0) is 48.5 Å². The van der Waals surface area contributed by atoms with Crippen LogP contribution in [0.1, 0.15) is 0 Å². The Labute approximate surface area is 267 Å². The highest BCUT2D eigenvalue weighted by Crippen LogP contribution is 2.37. The second kappa shape index (κ2) is 10.8. The molecule has 0 saturated heterocycles. The normalized spacial score (nSPS) is 11.5. The molecule has 3 nitrogen and oxygen atoms in total. The molecule has 0 amide bonds. The molecule has 6 aromatic carbocycles. The van der Waals surface area contributed by atoms with Crippen molar-refractivity contribution in [1.29, 1.82) is 0 Å². The first kappa shape index (κ1) is 26.2. The lowest BCUT2D eigenvalue weighted by Gasteiger charge is -2.16. The van der Waals surface area contributed by atoms with Crippen LogP contribution in [-0.2, 0) is 0 Å². The Kier molecular flexibility index (Phi) is 6.14. The Hall–Kier alpha value is -6.19. The fourth-order valence-electron chi connectivity index (χ4n) is 6.81. The Morgan fingerprint density at radius 3 is 1.50 bits per heavy atom. The van der Waals surface area contributed by atoms with Gasteiger partial charge < -0.3 is 9.13 Å².